The topological polar surface area (TPSA) is 85.2 Å². The number of para-hydroxylation sites is 2. The Morgan fingerprint density at radius 2 is 2.08 bits per heavy atom. The van der Waals surface area contributed by atoms with Gasteiger partial charge >= 0.3 is 0 Å². The normalized spacial score (nSPS) is 17.5. The number of tetrazole rings is 1. The van der Waals surface area contributed by atoms with Crippen LogP contribution in [0.4, 0.5) is 11.4 Å². The number of amides is 1. The lowest BCUT2D eigenvalue weighted by atomic mass is 10.2. The van der Waals surface area contributed by atoms with Gasteiger partial charge in [0, 0.05) is 13.1 Å². The molecule has 1 aromatic carbocycles. The SMILES string of the molecule is O=C(CSc1nnnn1C1CC1)Nc1ccccc1N1CCOCC1. The molecule has 0 radical (unpaired) electrons. The van der Waals surface area contributed by atoms with Gasteiger partial charge in [0.2, 0.25) is 11.1 Å². The van der Waals surface area contributed by atoms with E-state index in [4.69, 9.17) is 4.74 Å². The van der Waals surface area contributed by atoms with Crippen LogP contribution in [-0.4, -0.2) is 58.2 Å². The Morgan fingerprint density at radius 1 is 1.28 bits per heavy atom. The van der Waals surface area contributed by atoms with Gasteiger partial charge < -0.3 is 15.0 Å². The van der Waals surface area contributed by atoms with Crippen LogP contribution in [0.2, 0.25) is 0 Å². The fraction of sp³-hybridized carbons (Fsp3) is 0.500. The van der Waals surface area contributed by atoms with Crippen LogP contribution < -0.4 is 10.2 Å². The predicted molar refractivity (Wildman–Crippen MR) is 94.9 cm³/mol. The maximum absolute atomic E-state index is 12.4. The van der Waals surface area contributed by atoms with Gasteiger partial charge in [-0.25, -0.2) is 4.68 Å². The van der Waals surface area contributed by atoms with Gasteiger partial charge in [-0.3, -0.25) is 4.79 Å². The highest BCUT2D eigenvalue weighted by molar-refractivity contribution is 7.99. The molecule has 1 aliphatic carbocycles. The van der Waals surface area contributed by atoms with Crippen LogP contribution in [-0.2, 0) is 9.53 Å². The van der Waals surface area contributed by atoms with Gasteiger partial charge in [-0.05, 0) is 35.4 Å². The zero-order chi connectivity index (χ0) is 17.1. The van der Waals surface area contributed by atoms with E-state index in [0.29, 0.717) is 24.4 Å². The van der Waals surface area contributed by atoms with Crippen LogP contribution in [0.5, 0.6) is 0 Å². The second kappa shape index (κ2) is 7.40. The highest BCUT2D eigenvalue weighted by Gasteiger charge is 2.28. The smallest absolute Gasteiger partial charge is 0.234 e. The van der Waals surface area contributed by atoms with Crippen molar-refractivity contribution in [3.63, 3.8) is 0 Å². The van der Waals surface area contributed by atoms with Gasteiger partial charge in [-0.1, -0.05) is 23.9 Å². The van der Waals surface area contributed by atoms with Gasteiger partial charge in [0.15, 0.2) is 0 Å². The van der Waals surface area contributed by atoms with E-state index in [-0.39, 0.29) is 11.7 Å². The molecule has 2 heterocycles. The van der Waals surface area contributed by atoms with E-state index in [0.717, 1.165) is 37.3 Å². The lowest BCUT2D eigenvalue weighted by Gasteiger charge is -2.30. The van der Waals surface area contributed by atoms with Crippen molar-refractivity contribution in [2.24, 2.45) is 0 Å². The molecule has 1 saturated carbocycles. The summed E-state index contributed by atoms with van der Waals surface area (Å²) < 4.78 is 7.22. The summed E-state index contributed by atoms with van der Waals surface area (Å²) in [6, 6.07) is 8.28. The van der Waals surface area contributed by atoms with E-state index in [1.807, 2.05) is 28.9 Å². The van der Waals surface area contributed by atoms with Crippen molar-refractivity contribution in [1.82, 2.24) is 20.2 Å². The molecule has 0 atom stereocenters. The van der Waals surface area contributed by atoms with E-state index in [1.165, 1.54) is 11.8 Å². The van der Waals surface area contributed by atoms with E-state index in [2.05, 4.69) is 25.7 Å². The Balaban J connectivity index is 1.38. The van der Waals surface area contributed by atoms with E-state index in [1.54, 1.807) is 0 Å². The van der Waals surface area contributed by atoms with Crippen LogP contribution in [0, 0.1) is 0 Å². The number of aromatic nitrogens is 4. The minimum Gasteiger partial charge on any atom is -0.378 e. The molecule has 2 fully saturated rings. The number of thioether (sulfide) groups is 1. The van der Waals surface area contributed by atoms with Crippen LogP contribution in [0.1, 0.15) is 18.9 Å². The minimum absolute atomic E-state index is 0.0592. The molecular weight excluding hydrogens is 340 g/mol. The molecule has 1 aliphatic heterocycles. The van der Waals surface area contributed by atoms with E-state index < -0.39 is 0 Å². The lowest BCUT2D eigenvalue weighted by Crippen LogP contribution is -2.36. The summed E-state index contributed by atoms with van der Waals surface area (Å²) in [5.74, 6) is 0.223. The highest BCUT2D eigenvalue weighted by atomic mass is 32.2. The molecule has 1 saturated heterocycles. The molecule has 132 valence electrons. The Kier molecular flexibility index (Phi) is 4.84. The maximum atomic E-state index is 12.4. The molecule has 1 N–H and O–H groups in total. The van der Waals surface area contributed by atoms with Gasteiger partial charge in [0.05, 0.1) is 36.4 Å². The van der Waals surface area contributed by atoms with Crippen molar-refractivity contribution >= 4 is 29.0 Å². The third-order valence-corrected chi connectivity index (χ3v) is 5.15. The first kappa shape index (κ1) is 16.3. The molecule has 0 spiro atoms. The summed E-state index contributed by atoms with van der Waals surface area (Å²) in [5.41, 5.74) is 1.86. The Hall–Kier alpha value is -2.13. The van der Waals surface area contributed by atoms with E-state index in [9.17, 15) is 4.79 Å². The molecule has 1 amide bonds. The largest absolute Gasteiger partial charge is 0.378 e. The van der Waals surface area contributed by atoms with Crippen LogP contribution in [0.3, 0.4) is 0 Å². The number of hydrogen-bond donors (Lipinski definition) is 1. The Labute approximate surface area is 149 Å². The molecule has 2 aliphatic rings. The molecule has 8 nitrogen and oxygen atoms in total. The molecule has 25 heavy (non-hydrogen) atoms. The number of carbonyl (C=O) groups excluding carboxylic acids is 1. The molecule has 0 bridgehead atoms. The van der Waals surface area contributed by atoms with Crippen LogP contribution in [0.25, 0.3) is 0 Å². The molecule has 4 rings (SSSR count). The second-order valence-electron chi connectivity index (χ2n) is 6.09. The minimum atomic E-state index is -0.0592. The third-order valence-electron chi connectivity index (χ3n) is 4.22. The van der Waals surface area contributed by atoms with Crippen molar-refractivity contribution in [3.8, 4) is 0 Å². The number of anilines is 2. The van der Waals surface area contributed by atoms with Crippen LogP contribution >= 0.6 is 11.8 Å². The zero-order valence-corrected chi connectivity index (χ0v) is 14.6. The fourth-order valence-corrected chi connectivity index (χ4v) is 3.55. The molecule has 0 unspecified atom stereocenters. The summed E-state index contributed by atoms with van der Waals surface area (Å²) in [7, 11) is 0. The summed E-state index contributed by atoms with van der Waals surface area (Å²) in [6.07, 6.45) is 2.22. The summed E-state index contributed by atoms with van der Waals surface area (Å²) in [4.78, 5) is 14.6. The summed E-state index contributed by atoms with van der Waals surface area (Å²) in [6.45, 7) is 3.08. The summed E-state index contributed by atoms with van der Waals surface area (Å²) >= 11 is 1.37. The monoisotopic (exact) mass is 360 g/mol. The maximum Gasteiger partial charge on any atom is 0.234 e. The molecular formula is C16H20N6O2S. The van der Waals surface area contributed by atoms with Crippen molar-refractivity contribution in [3.05, 3.63) is 24.3 Å². The van der Waals surface area contributed by atoms with E-state index >= 15 is 0 Å². The van der Waals surface area contributed by atoms with Gasteiger partial charge in [0.25, 0.3) is 0 Å². The second-order valence-corrected chi connectivity index (χ2v) is 7.03. The number of nitrogens with one attached hydrogen (secondary N) is 1. The van der Waals surface area contributed by atoms with Crippen molar-refractivity contribution in [2.45, 2.75) is 24.0 Å². The fourth-order valence-electron chi connectivity index (χ4n) is 2.80. The number of nitrogens with zero attached hydrogens (tertiary/aromatic N) is 5. The van der Waals surface area contributed by atoms with Crippen LogP contribution in [0.15, 0.2) is 29.4 Å². The quantitative estimate of drug-likeness (QED) is 0.783. The predicted octanol–water partition coefficient (Wildman–Crippen LogP) is 1.58. The Bertz CT molecular complexity index is 742. The number of benzene rings is 1. The molecule has 2 aromatic rings. The average molecular weight is 360 g/mol. The number of ether oxygens (including phenoxy) is 1. The van der Waals surface area contributed by atoms with Crippen molar-refractivity contribution < 1.29 is 9.53 Å². The van der Waals surface area contributed by atoms with Gasteiger partial charge in [0.1, 0.15) is 0 Å². The number of carbonyl (C=O) groups is 1. The first-order valence-electron chi connectivity index (χ1n) is 8.43. The highest BCUT2D eigenvalue weighted by Crippen LogP contribution is 2.36. The summed E-state index contributed by atoms with van der Waals surface area (Å²) in [5, 5.41) is 15.4. The molecule has 9 heteroatoms. The number of hydrogen-bond acceptors (Lipinski definition) is 7. The number of rotatable bonds is 6. The van der Waals surface area contributed by atoms with Gasteiger partial charge in [-0.2, -0.15) is 0 Å². The first-order valence-corrected chi connectivity index (χ1v) is 9.42. The van der Waals surface area contributed by atoms with Crippen molar-refractivity contribution in [2.75, 3.05) is 42.3 Å². The zero-order valence-electron chi connectivity index (χ0n) is 13.8. The lowest BCUT2D eigenvalue weighted by molar-refractivity contribution is -0.113. The first-order chi connectivity index (χ1) is 12.3. The van der Waals surface area contributed by atoms with Crippen molar-refractivity contribution in [1.29, 1.82) is 0 Å². The average Bonchev–Trinajstić information content (AvgIpc) is 3.39. The van der Waals surface area contributed by atoms with Gasteiger partial charge in [-0.15, -0.1) is 5.10 Å². The number of morpholine rings is 1. The Morgan fingerprint density at radius 3 is 2.88 bits per heavy atom. The molecule has 1 aromatic heterocycles. The standard InChI is InChI=1S/C16H20N6O2S/c23-15(11-25-16-18-19-20-22(16)12-5-6-12)17-13-3-1-2-4-14(13)21-7-9-24-10-8-21/h1-4,12H,5-11H2,(H,17,23). The third kappa shape index (κ3) is 3.93.